The number of carbonyl (C=O) groups excluding carboxylic acids is 3. The van der Waals surface area contributed by atoms with Gasteiger partial charge in [-0.05, 0) is 37.5 Å². The number of nitrogens with zero attached hydrogens (tertiary/aromatic N) is 3. The van der Waals surface area contributed by atoms with E-state index in [1.165, 1.54) is 35.0 Å². The maximum Gasteiger partial charge on any atom is 0.359 e. The molecule has 1 fully saturated rings. The number of halogens is 1. The third kappa shape index (κ3) is 3.99. The quantitative estimate of drug-likeness (QED) is 0.719. The lowest BCUT2D eigenvalue weighted by molar-refractivity contribution is -0.134. The van der Waals surface area contributed by atoms with E-state index in [-0.39, 0.29) is 42.2 Å². The first-order valence-corrected chi connectivity index (χ1v) is 10.8. The van der Waals surface area contributed by atoms with E-state index < -0.39 is 17.4 Å². The largest absolute Gasteiger partial charge is 0.464 e. The van der Waals surface area contributed by atoms with E-state index >= 15 is 0 Å². The van der Waals surface area contributed by atoms with Crippen molar-refractivity contribution in [1.29, 1.82) is 0 Å². The van der Waals surface area contributed by atoms with Gasteiger partial charge in [-0.2, -0.15) is 0 Å². The molecule has 1 N–H and O–H groups in total. The molecule has 2 heterocycles. The second-order valence-electron chi connectivity index (χ2n) is 8.66. The summed E-state index contributed by atoms with van der Waals surface area (Å²) in [6.07, 6.45) is 6.50. The van der Waals surface area contributed by atoms with Gasteiger partial charge in [0.05, 0.1) is 20.0 Å². The number of esters is 1. The number of carbonyl (C=O) groups is 3. The molecule has 2 aromatic rings. The number of nitrogens with one attached hydrogen (secondary N) is 1. The van der Waals surface area contributed by atoms with Crippen LogP contribution in [-0.2, 0) is 22.6 Å². The molecule has 0 bridgehead atoms. The monoisotopic (exact) mass is 442 g/mol. The predicted octanol–water partition coefficient (Wildman–Crippen LogP) is 2.67. The number of imidazole rings is 1. The van der Waals surface area contributed by atoms with Crippen LogP contribution < -0.4 is 5.32 Å². The van der Waals surface area contributed by atoms with Crippen LogP contribution in [-0.4, -0.2) is 50.9 Å². The summed E-state index contributed by atoms with van der Waals surface area (Å²) in [4.78, 5) is 44.8. The van der Waals surface area contributed by atoms with Gasteiger partial charge in [0.15, 0.2) is 5.69 Å². The van der Waals surface area contributed by atoms with Gasteiger partial charge in [0.2, 0.25) is 5.91 Å². The van der Waals surface area contributed by atoms with Crippen molar-refractivity contribution in [1.82, 2.24) is 19.8 Å². The molecule has 1 atom stereocenters. The lowest BCUT2D eigenvalue weighted by atomic mass is 9.91. The highest BCUT2D eigenvalue weighted by molar-refractivity contribution is 6.06. The van der Waals surface area contributed by atoms with Crippen molar-refractivity contribution >= 4 is 17.8 Å². The number of amides is 2. The molecule has 0 unspecified atom stereocenters. The summed E-state index contributed by atoms with van der Waals surface area (Å²) < 4.78 is 19.7. The zero-order chi connectivity index (χ0) is 22.9. The van der Waals surface area contributed by atoms with Crippen LogP contribution >= 0.6 is 0 Å². The fraction of sp³-hybridized carbons (Fsp3) is 0.478. The van der Waals surface area contributed by atoms with Crippen LogP contribution in [0.25, 0.3) is 0 Å². The van der Waals surface area contributed by atoms with Crippen LogP contribution in [0.2, 0.25) is 0 Å². The summed E-state index contributed by atoms with van der Waals surface area (Å²) >= 11 is 0. The van der Waals surface area contributed by atoms with Crippen LogP contribution in [0.5, 0.6) is 0 Å². The van der Waals surface area contributed by atoms with E-state index in [1.807, 2.05) is 0 Å². The molecule has 8 nitrogen and oxygen atoms in total. The fourth-order valence-electron chi connectivity index (χ4n) is 4.54. The molecule has 1 aliphatic carbocycles. The first-order valence-electron chi connectivity index (χ1n) is 10.8. The number of hydrogen-bond acceptors (Lipinski definition) is 5. The van der Waals surface area contributed by atoms with E-state index in [4.69, 9.17) is 4.74 Å². The maximum atomic E-state index is 13.6. The van der Waals surface area contributed by atoms with Gasteiger partial charge in [0, 0.05) is 12.6 Å². The Balaban J connectivity index is 1.71. The molecule has 0 spiro atoms. The van der Waals surface area contributed by atoms with Gasteiger partial charge >= 0.3 is 5.97 Å². The molecule has 4 rings (SSSR count). The average molecular weight is 442 g/mol. The van der Waals surface area contributed by atoms with Crippen molar-refractivity contribution < 1.29 is 23.5 Å². The van der Waals surface area contributed by atoms with Crippen LogP contribution in [0.4, 0.5) is 4.39 Å². The highest BCUT2D eigenvalue weighted by Crippen LogP contribution is 2.31. The van der Waals surface area contributed by atoms with Crippen LogP contribution in [0, 0.1) is 5.82 Å². The number of ether oxygens (including phenoxy) is 1. The number of hydrogen-bond donors (Lipinski definition) is 1. The van der Waals surface area contributed by atoms with E-state index in [2.05, 4.69) is 10.3 Å². The number of benzene rings is 1. The summed E-state index contributed by atoms with van der Waals surface area (Å²) in [6, 6.07) is 5.86. The predicted molar refractivity (Wildman–Crippen MR) is 113 cm³/mol. The SMILES string of the molecule is COC(=O)c1ncn2c1C(=O)N(Cc1ccc(F)cc1)[C@](C)(C(=O)NC1CCCCC1)C2. The van der Waals surface area contributed by atoms with Gasteiger partial charge in [-0.3, -0.25) is 9.59 Å². The number of fused-ring (bicyclic) bond motifs is 1. The number of aromatic nitrogens is 2. The molecule has 2 amide bonds. The Morgan fingerprint density at radius 1 is 1.22 bits per heavy atom. The van der Waals surface area contributed by atoms with Crippen molar-refractivity contribution in [2.24, 2.45) is 0 Å². The Hall–Kier alpha value is -3.23. The molecule has 0 saturated heterocycles. The summed E-state index contributed by atoms with van der Waals surface area (Å²) in [7, 11) is 1.22. The second-order valence-corrected chi connectivity index (χ2v) is 8.66. The summed E-state index contributed by atoms with van der Waals surface area (Å²) in [6.45, 7) is 1.94. The molecular weight excluding hydrogens is 415 g/mol. The molecule has 0 radical (unpaired) electrons. The zero-order valence-corrected chi connectivity index (χ0v) is 18.3. The zero-order valence-electron chi connectivity index (χ0n) is 18.3. The van der Waals surface area contributed by atoms with Gasteiger partial charge in [0.25, 0.3) is 5.91 Å². The third-order valence-corrected chi connectivity index (χ3v) is 6.42. The van der Waals surface area contributed by atoms with E-state index in [1.54, 1.807) is 19.1 Å². The Labute approximate surface area is 185 Å². The fourth-order valence-corrected chi connectivity index (χ4v) is 4.54. The minimum atomic E-state index is -1.22. The minimum Gasteiger partial charge on any atom is -0.464 e. The van der Waals surface area contributed by atoms with Crippen molar-refractivity contribution in [2.75, 3.05) is 7.11 Å². The molecule has 1 aliphatic heterocycles. The normalized spacial score (nSPS) is 21.2. The first-order chi connectivity index (χ1) is 15.3. The third-order valence-electron chi connectivity index (χ3n) is 6.42. The van der Waals surface area contributed by atoms with E-state index in [0.717, 1.165) is 32.1 Å². The Morgan fingerprint density at radius 3 is 2.56 bits per heavy atom. The van der Waals surface area contributed by atoms with Crippen molar-refractivity contribution in [2.45, 2.75) is 63.7 Å². The molecular formula is C23H27FN4O4. The summed E-state index contributed by atoms with van der Waals surface area (Å²) in [5.41, 5.74) is -0.549. The van der Waals surface area contributed by atoms with Gasteiger partial charge in [-0.25, -0.2) is 14.2 Å². The topological polar surface area (TPSA) is 93.5 Å². The minimum absolute atomic E-state index is 0.0747. The molecule has 2 aliphatic rings. The highest BCUT2D eigenvalue weighted by atomic mass is 19.1. The van der Waals surface area contributed by atoms with Crippen molar-refractivity contribution in [3.05, 3.63) is 53.4 Å². The molecule has 32 heavy (non-hydrogen) atoms. The van der Waals surface area contributed by atoms with Crippen molar-refractivity contribution in [3.8, 4) is 0 Å². The average Bonchev–Trinajstić information content (AvgIpc) is 3.21. The molecule has 170 valence electrons. The number of rotatable bonds is 5. The van der Waals surface area contributed by atoms with Crippen LogP contribution in [0.15, 0.2) is 30.6 Å². The Kier molecular flexibility index (Phi) is 5.99. The molecule has 1 saturated carbocycles. The van der Waals surface area contributed by atoms with Gasteiger partial charge in [-0.15, -0.1) is 0 Å². The van der Waals surface area contributed by atoms with Crippen molar-refractivity contribution in [3.63, 3.8) is 0 Å². The number of methoxy groups -OCH3 is 1. The summed E-state index contributed by atoms with van der Waals surface area (Å²) in [5, 5.41) is 3.13. The lowest BCUT2D eigenvalue weighted by Crippen LogP contribution is -2.64. The highest BCUT2D eigenvalue weighted by Gasteiger charge is 2.49. The maximum absolute atomic E-state index is 13.6. The van der Waals surface area contributed by atoms with E-state index in [9.17, 15) is 18.8 Å². The molecule has 9 heteroatoms. The van der Waals surface area contributed by atoms with Gasteiger partial charge < -0.3 is 19.5 Å². The van der Waals surface area contributed by atoms with Gasteiger partial charge in [0.1, 0.15) is 17.1 Å². The van der Waals surface area contributed by atoms with Gasteiger partial charge in [-0.1, -0.05) is 31.4 Å². The summed E-state index contributed by atoms with van der Waals surface area (Å²) in [5.74, 6) is -1.86. The Bertz CT molecular complexity index is 1030. The Morgan fingerprint density at radius 2 is 1.91 bits per heavy atom. The second kappa shape index (κ2) is 8.72. The smallest absolute Gasteiger partial charge is 0.359 e. The van der Waals surface area contributed by atoms with Crippen LogP contribution in [0.1, 0.15) is 65.6 Å². The first kappa shape index (κ1) is 22.0. The molecule has 1 aromatic carbocycles. The lowest BCUT2D eigenvalue weighted by Gasteiger charge is -2.44. The standard InChI is InChI=1S/C23H27FN4O4/c1-23(22(31)26-17-6-4-3-5-7-17)13-27-14-25-18(21(30)32-2)19(27)20(29)28(23)12-15-8-10-16(24)11-9-15/h8-11,14,17H,3-7,12-13H2,1-2H3,(H,26,31)/t23-/m0/s1. The molecule has 1 aromatic heterocycles. The van der Waals surface area contributed by atoms with Crippen LogP contribution in [0.3, 0.4) is 0 Å². The van der Waals surface area contributed by atoms with E-state index in [0.29, 0.717) is 5.56 Å².